The zero-order valence-corrected chi connectivity index (χ0v) is 6.71. The Morgan fingerprint density at radius 2 is 1.77 bits per heavy atom. The van der Waals surface area contributed by atoms with Crippen LogP contribution in [-0.2, 0) is 11.3 Å². The van der Waals surface area contributed by atoms with Crippen molar-refractivity contribution in [2.45, 2.75) is 6.18 Å². The van der Waals surface area contributed by atoms with Crippen molar-refractivity contribution in [2.24, 2.45) is 0 Å². The maximum atomic E-state index is 12.5. The monoisotopic (exact) mass is 213 g/mol. The van der Waals surface area contributed by atoms with Gasteiger partial charge < -0.3 is 0 Å². The summed E-state index contributed by atoms with van der Waals surface area (Å²) in [5, 5.41) is 9.80. The van der Waals surface area contributed by atoms with Crippen LogP contribution in [0.3, 0.4) is 0 Å². The first-order valence-corrected chi connectivity index (χ1v) is 3.43. The minimum atomic E-state index is -4.70. The predicted octanol–water partition coefficient (Wildman–Crippen LogP) is 3.64. The van der Waals surface area contributed by atoms with E-state index in [0.717, 1.165) is 0 Å². The maximum absolute atomic E-state index is 12.5. The number of alkyl halides is 3. The molecule has 0 saturated heterocycles. The summed E-state index contributed by atoms with van der Waals surface area (Å²) in [7, 11) is 0. The molecule has 13 heavy (non-hydrogen) atoms. The van der Waals surface area contributed by atoms with Crippen LogP contribution in [0, 0.1) is 5.82 Å². The summed E-state index contributed by atoms with van der Waals surface area (Å²) in [6.07, 6.45) is -4.70. The van der Waals surface area contributed by atoms with Crippen molar-refractivity contribution in [3.63, 3.8) is 0 Å². The fraction of sp³-hybridized carbons (Fsp3) is 0.143. The van der Waals surface area contributed by atoms with Gasteiger partial charge in [-0.25, -0.2) is 4.39 Å². The SMILES string of the molecule is [O]c1c(F)cc(C(F)(F)F)cc1Cl. The van der Waals surface area contributed by atoms with Gasteiger partial charge in [0.15, 0.2) is 5.82 Å². The van der Waals surface area contributed by atoms with Crippen LogP contribution in [0.1, 0.15) is 5.56 Å². The maximum Gasteiger partial charge on any atom is 0.416 e. The van der Waals surface area contributed by atoms with E-state index in [0.29, 0.717) is 6.07 Å². The standard InChI is InChI=1S/C7H2ClF4O/c8-4-1-3(7(10,11)12)2-5(9)6(4)13/h1-2H. The van der Waals surface area contributed by atoms with E-state index in [4.69, 9.17) is 11.6 Å². The fourth-order valence-corrected chi connectivity index (χ4v) is 0.931. The Kier molecular flexibility index (Phi) is 2.38. The van der Waals surface area contributed by atoms with Crippen molar-refractivity contribution in [1.82, 2.24) is 0 Å². The molecule has 0 unspecified atom stereocenters. The zero-order valence-electron chi connectivity index (χ0n) is 5.95. The number of halogens is 5. The van der Waals surface area contributed by atoms with Gasteiger partial charge in [0, 0.05) is 0 Å². The molecular weight excluding hydrogens is 212 g/mol. The molecule has 1 radical (unpaired) electrons. The first kappa shape index (κ1) is 10.1. The van der Waals surface area contributed by atoms with Gasteiger partial charge in [0.1, 0.15) is 0 Å². The molecule has 0 amide bonds. The summed E-state index contributed by atoms with van der Waals surface area (Å²) in [6, 6.07) is 0.515. The van der Waals surface area contributed by atoms with Crippen LogP contribution in [0.5, 0.6) is 5.75 Å². The molecule has 0 atom stereocenters. The third-order valence-corrected chi connectivity index (χ3v) is 1.61. The number of benzene rings is 1. The van der Waals surface area contributed by atoms with E-state index < -0.39 is 28.3 Å². The van der Waals surface area contributed by atoms with Crippen molar-refractivity contribution in [1.29, 1.82) is 0 Å². The molecule has 1 aromatic carbocycles. The molecule has 0 N–H and O–H groups in total. The third kappa shape index (κ3) is 2.03. The summed E-state index contributed by atoms with van der Waals surface area (Å²) in [4.78, 5) is 0. The molecule has 0 spiro atoms. The summed E-state index contributed by atoms with van der Waals surface area (Å²) >= 11 is 5.07. The summed E-state index contributed by atoms with van der Waals surface area (Å²) < 4.78 is 48.3. The average molecular weight is 214 g/mol. The predicted molar refractivity (Wildman–Crippen MR) is 36.5 cm³/mol. The second-order valence-electron chi connectivity index (χ2n) is 2.27. The Balaban J connectivity index is 3.29. The number of rotatable bonds is 0. The van der Waals surface area contributed by atoms with Gasteiger partial charge in [0.05, 0.1) is 10.6 Å². The Bertz CT molecular complexity index is 311. The first-order valence-electron chi connectivity index (χ1n) is 3.05. The lowest BCUT2D eigenvalue weighted by atomic mass is 10.2. The summed E-state index contributed by atoms with van der Waals surface area (Å²) in [5.41, 5.74) is -1.27. The highest BCUT2D eigenvalue weighted by molar-refractivity contribution is 6.32. The normalized spacial score (nSPS) is 11.8. The van der Waals surface area contributed by atoms with Gasteiger partial charge in [-0.1, -0.05) is 11.6 Å². The quantitative estimate of drug-likeness (QED) is 0.587. The minimum absolute atomic E-state index is 0.119. The highest BCUT2D eigenvalue weighted by atomic mass is 35.5. The van der Waals surface area contributed by atoms with Gasteiger partial charge in [0.25, 0.3) is 0 Å². The van der Waals surface area contributed by atoms with Crippen LogP contribution in [-0.4, -0.2) is 0 Å². The molecule has 1 aromatic rings. The van der Waals surface area contributed by atoms with Crippen LogP contribution in [0.25, 0.3) is 0 Å². The van der Waals surface area contributed by atoms with E-state index in [1.165, 1.54) is 0 Å². The average Bonchev–Trinajstić information content (AvgIpc) is 1.97. The summed E-state index contributed by atoms with van der Waals surface area (Å²) in [6.45, 7) is 0. The third-order valence-electron chi connectivity index (χ3n) is 1.33. The van der Waals surface area contributed by atoms with Crippen molar-refractivity contribution < 1.29 is 22.7 Å². The lowest BCUT2D eigenvalue weighted by Crippen LogP contribution is -2.05. The van der Waals surface area contributed by atoms with E-state index in [2.05, 4.69) is 0 Å². The van der Waals surface area contributed by atoms with E-state index >= 15 is 0 Å². The van der Waals surface area contributed by atoms with Crippen LogP contribution in [0.15, 0.2) is 12.1 Å². The van der Waals surface area contributed by atoms with Gasteiger partial charge in [-0.2, -0.15) is 13.2 Å². The number of hydrogen-bond acceptors (Lipinski definition) is 0. The van der Waals surface area contributed by atoms with Gasteiger partial charge in [0.2, 0.25) is 5.75 Å². The molecule has 0 aromatic heterocycles. The Labute approximate surface area is 75.6 Å². The van der Waals surface area contributed by atoms with Crippen LogP contribution >= 0.6 is 11.6 Å². The molecule has 6 heteroatoms. The lowest BCUT2D eigenvalue weighted by molar-refractivity contribution is -0.137. The van der Waals surface area contributed by atoms with Crippen LogP contribution < -0.4 is 0 Å². The largest absolute Gasteiger partial charge is 0.416 e. The highest BCUT2D eigenvalue weighted by Crippen LogP contribution is 2.36. The lowest BCUT2D eigenvalue weighted by Gasteiger charge is -2.06. The minimum Gasteiger partial charge on any atom is -0.285 e. The Morgan fingerprint density at radius 1 is 1.23 bits per heavy atom. The van der Waals surface area contributed by atoms with Crippen LogP contribution in [0.2, 0.25) is 5.02 Å². The topological polar surface area (TPSA) is 19.9 Å². The second kappa shape index (κ2) is 3.06. The van der Waals surface area contributed by atoms with Crippen molar-refractivity contribution >= 4 is 11.6 Å². The molecule has 0 fully saturated rings. The smallest absolute Gasteiger partial charge is 0.285 e. The van der Waals surface area contributed by atoms with Gasteiger partial charge in [-0.15, -0.1) is 0 Å². The molecule has 0 heterocycles. The molecular formula is C7H2ClF4O. The molecule has 1 rings (SSSR count). The first-order chi connectivity index (χ1) is 5.82. The zero-order chi connectivity index (χ0) is 10.2. The molecule has 0 aliphatic heterocycles. The van der Waals surface area contributed by atoms with Gasteiger partial charge in [-0.3, -0.25) is 5.11 Å². The van der Waals surface area contributed by atoms with E-state index in [1.807, 2.05) is 0 Å². The molecule has 0 aliphatic rings. The molecule has 0 aliphatic carbocycles. The van der Waals surface area contributed by atoms with E-state index in [-0.39, 0.29) is 6.07 Å². The van der Waals surface area contributed by atoms with Gasteiger partial charge >= 0.3 is 6.18 Å². The molecule has 0 bridgehead atoms. The van der Waals surface area contributed by atoms with Gasteiger partial charge in [-0.05, 0) is 12.1 Å². The molecule has 1 nitrogen and oxygen atoms in total. The Hall–Kier alpha value is -0.970. The molecule has 0 saturated carbocycles. The van der Waals surface area contributed by atoms with Crippen molar-refractivity contribution in [3.8, 4) is 5.75 Å². The van der Waals surface area contributed by atoms with Crippen molar-refractivity contribution in [3.05, 3.63) is 28.5 Å². The highest BCUT2D eigenvalue weighted by Gasteiger charge is 2.32. The van der Waals surface area contributed by atoms with Crippen molar-refractivity contribution in [2.75, 3.05) is 0 Å². The second-order valence-corrected chi connectivity index (χ2v) is 2.67. The molecule has 71 valence electrons. The fourth-order valence-electron chi connectivity index (χ4n) is 0.724. The Morgan fingerprint density at radius 3 is 2.15 bits per heavy atom. The van der Waals surface area contributed by atoms with E-state index in [1.54, 1.807) is 0 Å². The van der Waals surface area contributed by atoms with Crippen LogP contribution in [0.4, 0.5) is 17.6 Å². The van der Waals surface area contributed by atoms with E-state index in [9.17, 15) is 22.7 Å². The number of hydrogen-bond donors (Lipinski definition) is 0. The summed E-state index contributed by atoms with van der Waals surface area (Å²) in [5.74, 6) is -2.73.